The lowest BCUT2D eigenvalue weighted by Gasteiger charge is -2.30. The first-order chi connectivity index (χ1) is 7.97. The fourth-order valence-corrected chi connectivity index (χ4v) is 2.66. The fourth-order valence-electron chi connectivity index (χ4n) is 2.66. The molecule has 100 valence electrons. The van der Waals surface area contributed by atoms with Crippen LogP contribution < -0.4 is 5.32 Å². The van der Waals surface area contributed by atoms with Crippen LogP contribution in [-0.4, -0.2) is 37.5 Å². The number of carbonyl (C=O) groups excluding carboxylic acids is 1. The summed E-state index contributed by atoms with van der Waals surface area (Å²) in [6.45, 7) is 5.37. The molecular weight excluding hydrogens is 212 g/mol. The van der Waals surface area contributed by atoms with Crippen molar-refractivity contribution >= 4 is 5.91 Å². The predicted molar refractivity (Wildman–Crippen MR) is 71.9 cm³/mol. The minimum atomic E-state index is 0.232. The molecule has 1 aliphatic rings. The molecule has 0 saturated heterocycles. The third kappa shape index (κ3) is 6.06. The van der Waals surface area contributed by atoms with Crippen LogP contribution in [-0.2, 0) is 4.79 Å². The van der Waals surface area contributed by atoms with E-state index in [9.17, 15) is 4.79 Å². The normalized spacial score (nSPS) is 25.3. The van der Waals surface area contributed by atoms with Crippen LogP contribution >= 0.6 is 0 Å². The minimum Gasteiger partial charge on any atom is -0.353 e. The summed E-state index contributed by atoms with van der Waals surface area (Å²) >= 11 is 0. The molecule has 0 unspecified atom stereocenters. The molecule has 0 aromatic rings. The van der Waals surface area contributed by atoms with E-state index in [-0.39, 0.29) is 5.91 Å². The Hall–Kier alpha value is -0.570. The average molecular weight is 240 g/mol. The van der Waals surface area contributed by atoms with Crippen molar-refractivity contribution in [2.24, 2.45) is 11.8 Å². The molecule has 0 aromatic heterocycles. The first kappa shape index (κ1) is 14.5. The Bertz CT molecular complexity index is 230. The Morgan fingerprint density at radius 3 is 2.29 bits per heavy atom. The van der Waals surface area contributed by atoms with Crippen LogP contribution in [0.2, 0.25) is 0 Å². The molecule has 17 heavy (non-hydrogen) atoms. The smallest absolute Gasteiger partial charge is 0.220 e. The zero-order valence-electron chi connectivity index (χ0n) is 11.8. The highest BCUT2D eigenvalue weighted by Crippen LogP contribution is 2.24. The van der Waals surface area contributed by atoms with Gasteiger partial charge in [-0.25, -0.2) is 0 Å². The van der Waals surface area contributed by atoms with Gasteiger partial charge in [-0.05, 0) is 51.6 Å². The van der Waals surface area contributed by atoms with E-state index in [4.69, 9.17) is 0 Å². The fraction of sp³-hybridized carbons (Fsp3) is 0.929. The molecule has 0 heterocycles. The van der Waals surface area contributed by atoms with Gasteiger partial charge >= 0.3 is 0 Å². The summed E-state index contributed by atoms with van der Waals surface area (Å²) in [7, 11) is 4.27. The highest BCUT2D eigenvalue weighted by molar-refractivity contribution is 5.76. The van der Waals surface area contributed by atoms with Crippen LogP contribution in [0, 0.1) is 11.8 Å². The summed E-state index contributed by atoms with van der Waals surface area (Å²) in [6, 6.07) is 0.430. The summed E-state index contributed by atoms with van der Waals surface area (Å²) < 4.78 is 0. The van der Waals surface area contributed by atoms with Crippen molar-refractivity contribution in [3.63, 3.8) is 0 Å². The highest BCUT2D eigenvalue weighted by Gasteiger charge is 2.22. The highest BCUT2D eigenvalue weighted by atomic mass is 16.1. The van der Waals surface area contributed by atoms with Crippen LogP contribution in [0.15, 0.2) is 0 Å². The molecule has 1 amide bonds. The largest absolute Gasteiger partial charge is 0.353 e. The minimum absolute atomic E-state index is 0.232. The summed E-state index contributed by atoms with van der Waals surface area (Å²) in [5, 5.41) is 3.17. The van der Waals surface area contributed by atoms with Gasteiger partial charge in [-0.3, -0.25) is 4.79 Å². The third-order valence-electron chi connectivity index (χ3n) is 3.43. The number of amides is 1. The van der Waals surface area contributed by atoms with E-state index in [1.165, 1.54) is 19.4 Å². The molecule has 0 radical (unpaired) electrons. The van der Waals surface area contributed by atoms with Gasteiger partial charge in [0.15, 0.2) is 0 Å². The maximum Gasteiger partial charge on any atom is 0.220 e. The van der Waals surface area contributed by atoms with E-state index in [0.29, 0.717) is 18.4 Å². The number of hydrogen-bond acceptors (Lipinski definition) is 2. The Balaban J connectivity index is 2.20. The summed E-state index contributed by atoms with van der Waals surface area (Å²) in [4.78, 5) is 13.9. The molecule has 1 rings (SSSR count). The van der Waals surface area contributed by atoms with Crippen molar-refractivity contribution < 1.29 is 4.79 Å². The van der Waals surface area contributed by atoms with Crippen molar-refractivity contribution in [1.29, 1.82) is 0 Å². The molecule has 0 aromatic carbocycles. The van der Waals surface area contributed by atoms with E-state index in [1.54, 1.807) is 0 Å². The van der Waals surface area contributed by atoms with Gasteiger partial charge in [0.1, 0.15) is 0 Å². The van der Waals surface area contributed by atoms with E-state index < -0.39 is 0 Å². The summed E-state index contributed by atoms with van der Waals surface area (Å²) in [6.07, 6.45) is 5.48. The molecule has 3 heteroatoms. The SMILES string of the molecule is CC(C)CC(=O)NC1CCC(CN(C)C)CC1. The van der Waals surface area contributed by atoms with Crippen molar-refractivity contribution in [2.75, 3.05) is 20.6 Å². The zero-order chi connectivity index (χ0) is 12.8. The predicted octanol–water partition coefficient (Wildman–Crippen LogP) is 2.27. The van der Waals surface area contributed by atoms with Gasteiger partial charge < -0.3 is 10.2 Å². The van der Waals surface area contributed by atoms with Gasteiger partial charge in [-0.1, -0.05) is 13.8 Å². The van der Waals surface area contributed by atoms with Crippen molar-refractivity contribution in [3.05, 3.63) is 0 Å². The standard InChI is InChI=1S/C14H28N2O/c1-11(2)9-14(17)15-13-7-5-12(6-8-13)10-16(3)4/h11-13H,5-10H2,1-4H3,(H,15,17). The molecule has 0 aliphatic heterocycles. The Morgan fingerprint density at radius 2 is 1.82 bits per heavy atom. The monoisotopic (exact) mass is 240 g/mol. The van der Waals surface area contributed by atoms with Gasteiger partial charge in [-0.2, -0.15) is 0 Å². The second kappa shape index (κ2) is 7.00. The van der Waals surface area contributed by atoms with Crippen molar-refractivity contribution in [2.45, 2.75) is 52.0 Å². The lowest BCUT2D eigenvalue weighted by molar-refractivity contribution is -0.122. The van der Waals surface area contributed by atoms with Crippen LogP contribution in [0.5, 0.6) is 0 Å². The second-order valence-corrected chi connectivity index (χ2v) is 6.15. The summed E-state index contributed by atoms with van der Waals surface area (Å²) in [5.74, 6) is 1.51. The van der Waals surface area contributed by atoms with Crippen LogP contribution in [0.25, 0.3) is 0 Å². The molecule has 1 aliphatic carbocycles. The first-order valence-electron chi connectivity index (χ1n) is 6.91. The lowest BCUT2D eigenvalue weighted by Crippen LogP contribution is -2.39. The van der Waals surface area contributed by atoms with Crippen LogP contribution in [0.4, 0.5) is 0 Å². The van der Waals surface area contributed by atoms with E-state index in [1.807, 2.05) is 0 Å². The van der Waals surface area contributed by atoms with Gasteiger partial charge in [0.2, 0.25) is 5.91 Å². The van der Waals surface area contributed by atoms with Crippen LogP contribution in [0.3, 0.4) is 0 Å². The molecule has 0 atom stereocenters. The second-order valence-electron chi connectivity index (χ2n) is 6.15. The Morgan fingerprint density at radius 1 is 1.24 bits per heavy atom. The van der Waals surface area contributed by atoms with E-state index >= 15 is 0 Å². The molecule has 3 nitrogen and oxygen atoms in total. The molecular formula is C14H28N2O. The number of rotatable bonds is 5. The number of nitrogens with zero attached hydrogens (tertiary/aromatic N) is 1. The maximum atomic E-state index is 11.7. The van der Waals surface area contributed by atoms with Gasteiger partial charge in [0.25, 0.3) is 0 Å². The molecule has 1 fully saturated rings. The molecule has 0 bridgehead atoms. The van der Waals surface area contributed by atoms with Gasteiger partial charge in [0.05, 0.1) is 0 Å². The zero-order valence-corrected chi connectivity index (χ0v) is 11.8. The average Bonchev–Trinajstić information content (AvgIpc) is 2.18. The first-order valence-corrected chi connectivity index (χ1v) is 6.91. The Labute approximate surface area is 106 Å². The molecule has 1 N–H and O–H groups in total. The number of nitrogens with one attached hydrogen (secondary N) is 1. The molecule has 1 saturated carbocycles. The van der Waals surface area contributed by atoms with Gasteiger partial charge in [0, 0.05) is 19.0 Å². The number of hydrogen-bond donors (Lipinski definition) is 1. The van der Waals surface area contributed by atoms with Crippen molar-refractivity contribution in [3.8, 4) is 0 Å². The van der Waals surface area contributed by atoms with E-state index in [2.05, 4.69) is 38.2 Å². The van der Waals surface area contributed by atoms with Gasteiger partial charge in [-0.15, -0.1) is 0 Å². The molecule has 0 spiro atoms. The topological polar surface area (TPSA) is 32.3 Å². The third-order valence-corrected chi connectivity index (χ3v) is 3.43. The van der Waals surface area contributed by atoms with Crippen LogP contribution in [0.1, 0.15) is 46.0 Å². The lowest BCUT2D eigenvalue weighted by atomic mass is 9.85. The maximum absolute atomic E-state index is 11.7. The quantitative estimate of drug-likeness (QED) is 0.799. The van der Waals surface area contributed by atoms with E-state index in [0.717, 1.165) is 18.8 Å². The number of carbonyl (C=O) groups is 1. The van der Waals surface area contributed by atoms with Crippen molar-refractivity contribution in [1.82, 2.24) is 10.2 Å². The Kier molecular flexibility index (Phi) is 5.96. The summed E-state index contributed by atoms with van der Waals surface area (Å²) in [5.41, 5.74) is 0.